The van der Waals surface area contributed by atoms with Crippen LogP contribution in [0.1, 0.15) is 20.8 Å². The molecule has 0 saturated carbocycles. The highest BCUT2D eigenvalue weighted by molar-refractivity contribution is 8.02. The molecule has 9 heavy (non-hydrogen) atoms. The van der Waals surface area contributed by atoms with Crippen LogP contribution in [0.5, 0.6) is 0 Å². The number of Topliss-reactive ketones (excluding diaryl/α,β-unsaturated/α-hetero) is 1. The van der Waals surface area contributed by atoms with E-state index in [1.807, 2.05) is 20.1 Å². The quantitative estimate of drug-likeness (QED) is 0.553. The van der Waals surface area contributed by atoms with E-state index >= 15 is 0 Å². The molecule has 0 aromatic rings. The first-order valence-corrected chi connectivity index (χ1v) is 4.04. The van der Waals surface area contributed by atoms with Gasteiger partial charge in [0, 0.05) is 5.57 Å². The average molecular weight is 144 g/mol. The minimum Gasteiger partial charge on any atom is -0.295 e. The van der Waals surface area contributed by atoms with E-state index in [0.29, 0.717) is 0 Å². The van der Waals surface area contributed by atoms with Crippen LogP contribution in [0.15, 0.2) is 10.5 Å². The normalized spacial score (nSPS) is 12.9. The van der Waals surface area contributed by atoms with Gasteiger partial charge in [0.2, 0.25) is 0 Å². The van der Waals surface area contributed by atoms with Gasteiger partial charge in [-0.15, -0.1) is 11.8 Å². The topological polar surface area (TPSA) is 17.1 Å². The fourth-order valence-electron chi connectivity index (χ4n) is 0.401. The Bertz CT molecular complexity index is 147. The van der Waals surface area contributed by atoms with E-state index in [0.717, 1.165) is 10.5 Å². The molecule has 0 atom stereocenters. The van der Waals surface area contributed by atoms with Crippen molar-refractivity contribution in [1.29, 1.82) is 0 Å². The maximum absolute atomic E-state index is 10.7. The first-order valence-electron chi connectivity index (χ1n) is 2.82. The molecule has 1 nitrogen and oxygen atoms in total. The number of allylic oxidation sites excluding steroid dienone is 2. The standard InChI is InChI=1S/C7H12OS/c1-5(6(2)8)7(3)9-4/h1-4H3. The predicted octanol–water partition coefficient (Wildman–Crippen LogP) is 2.23. The van der Waals surface area contributed by atoms with Gasteiger partial charge in [-0.2, -0.15) is 0 Å². The molecule has 0 N–H and O–H groups in total. The van der Waals surface area contributed by atoms with Gasteiger partial charge in [-0.25, -0.2) is 0 Å². The first-order chi connectivity index (χ1) is 4.09. The Balaban J connectivity index is 4.28. The lowest BCUT2D eigenvalue weighted by Gasteiger charge is -1.98. The highest BCUT2D eigenvalue weighted by atomic mass is 32.2. The van der Waals surface area contributed by atoms with Crippen LogP contribution in [0.4, 0.5) is 0 Å². The minimum atomic E-state index is 0.168. The maximum Gasteiger partial charge on any atom is 0.156 e. The molecule has 0 unspecified atom stereocenters. The number of carbonyl (C=O) groups excluding carboxylic acids is 1. The highest BCUT2D eigenvalue weighted by Gasteiger charge is 1.98. The summed E-state index contributed by atoms with van der Waals surface area (Å²) in [6.07, 6.45) is 1.97. The Labute approximate surface area is 60.5 Å². The average Bonchev–Trinajstić information content (AvgIpc) is 1.84. The highest BCUT2D eigenvalue weighted by Crippen LogP contribution is 2.15. The van der Waals surface area contributed by atoms with Gasteiger partial charge in [0.1, 0.15) is 0 Å². The molecule has 0 radical (unpaired) electrons. The number of hydrogen-bond acceptors (Lipinski definition) is 2. The largest absolute Gasteiger partial charge is 0.295 e. The van der Waals surface area contributed by atoms with Crippen molar-refractivity contribution in [3.63, 3.8) is 0 Å². The molecule has 2 heteroatoms. The fourth-order valence-corrected chi connectivity index (χ4v) is 0.851. The number of carbonyl (C=O) groups is 1. The summed E-state index contributed by atoms with van der Waals surface area (Å²) in [6.45, 7) is 5.41. The molecule has 0 spiro atoms. The van der Waals surface area contributed by atoms with Gasteiger partial charge < -0.3 is 0 Å². The third-order valence-electron chi connectivity index (χ3n) is 1.36. The molecule has 0 aromatic carbocycles. The third-order valence-corrected chi connectivity index (χ3v) is 2.28. The molecule has 0 bridgehead atoms. The van der Waals surface area contributed by atoms with Gasteiger partial charge in [-0.3, -0.25) is 4.79 Å². The van der Waals surface area contributed by atoms with E-state index in [4.69, 9.17) is 0 Å². The van der Waals surface area contributed by atoms with E-state index in [-0.39, 0.29) is 5.78 Å². The van der Waals surface area contributed by atoms with Crippen molar-refractivity contribution in [2.75, 3.05) is 6.26 Å². The summed E-state index contributed by atoms with van der Waals surface area (Å²) in [5, 5.41) is 0. The van der Waals surface area contributed by atoms with E-state index in [1.165, 1.54) is 0 Å². The molecule has 0 aliphatic rings. The Morgan fingerprint density at radius 3 is 1.78 bits per heavy atom. The maximum atomic E-state index is 10.7. The van der Waals surface area contributed by atoms with Crippen molar-refractivity contribution in [3.8, 4) is 0 Å². The van der Waals surface area contributed by atoms with Crippen LogP contribution < -0.4 is 0 Å². The summed E-state index contributed by atoms with van der Waals surface area (Å²) in [5.41, 5.74) is 0.877. The van der Waals surface area contributed by atoms with Crippen molar-refractivity contribution in [3.05, 3.63) is 10.5 Å². The second-order valence-corrected chi connectivity index (χ2v) is 2.96. The second kappa shape index (κ2) is 3.72. The van der Waals surface area contributed by atoms with Crippen molar-refractivity contribution < 1.29 is 4.79 Å². The zero-order valence-electron chi connectivity index (χ0n) is 6.32. The number of hydrogen-bond donors (Lipinski definition) is 0. The minimum absolute atomic E-state index is 0.168. The van der Waals surface area contributed by atoms with E-state index in [2.05, 4.69) is 0 Å². The summed E-state index contributed by atoms with van der Waals surface area (Å²) in [6, 6.07) is 0. The van der Waals surface area contributed by atoms with Crippen molar-refractivity contribution >= 4 is 17.5 Å². The Morgan fingerprint density at radius 2 is 1.67 bits per heavy atom. The van der Waals surface area contributed by atoms with Crippen LogP contribution in [0, 0.1) is 0 Å². The SMILES string of the molecule is CSC(C)=C(C)C(C)=O. The van der Waals surface area contributed by atoms with Gasteiger partial charge >= 0.3 is 0 Å². The lowest BCUT2D eigenvalue weighted by atomic mass is 10.2. The third kappa shape index (κ3) is 2.70. The summed E-state index contributed by atoms with van der Waals surface area (Å²) in [4.78, 5) is 11.8. The molecule has 0 saturated heterocycles. The van der Waals surface area contributed by atoms with Crippen molar-refractivity contribution in [2.24, 2.45) is 0 Å². The molecule has 0 rings (SSSR count). The van der Waals surface area contributed by atoms with Gasteiger partial charge in [0.05, 0.1) is 0 Å². The lowest BCUT2D eigenvalue weighted by Crippen LogP contribution is -1.92. The molecular weight excluding hydrogens is 132 g/mol. The van der Waals surface area contributed by atoms with Crippen LogP contribution in [-0.4, -0.2) is 12.0 Å². The van der Waals surface area contributed by atoms with Gasteiger partial charge in [-0.05, 0) is 31.9 Å². The van der Waals surface area contributed by atoms with E-state index < -0.39 is 0 Å². The Kier molecular flexibility index (Phi) is 3.62. The van der Waals surface area contributed by atoms with Gasteiger partial charge in [-0.1, -0.05) is 0 Å². The molecular formula is C7H12OS. The lowest BCUT2D eigenvalue weighted by molar-refractivity contribution is -0.113. The number of thioether (sulfide) groups is 1. The molecule has 0 aliphatic heterocycles. The van der Waals surface area contributed by atoms with E-state index in [9.17, 15) is 4.79 Å². The van der Waals surface area contributed by atoms with Gasteiger partial charge in [0.15, 0.2) is 5.78 Å². The Morgan fingerprint density at radius 1 is 1.22 bits per heavy atom. The molecule has 0 aromatic heterocycles. The molecule has 0 aliphatic carbocycles. The summed E-state index contributed by atoms with van der Waals surface area (Å²) < 4.78 is 0. The predicted molar refractivity (Wildman–Crippen MR) is 42.6 cm³/mol. The zero-order valence-corrected chi connectivity index (χ0v) is 7.13. The monoisotopic (exact) mass is 144 g/mol. The molecule has 0 fully saturated rings. The van der Waals surface area contributed by atoms with Crippen LogP contribution in [0.3, 0.4) is 0 Å². The summed E-state index contributed by atoms with van der Waals surface area (Å²) >= 11 is 1.62. The smallest absolute Gasteiger partial charge is 0.156 e. The zero-order chi connectivity index (χ0) is 7.44. The van der Waals surface area contributed by atoms with Crippen LogP contribution >= 0.6 is 11.8 Å². The number of ketones is 1. The first kappa shape index (κ1) is 8.76. The summed E-state index contributed by atoms with van der Waals surface area (Å²) in [5.74, 6) is 0.168. The Hall–Kier alpha value is -0.240. The van der Waals surface area contributed by atoms with Crippen LogP contribution in [0.25, 0.3) is 0 Å². The van der Waals surface area contributed by atoms with Crippen molar-refractivity contribution in [1.82, 2.24) is 0 Å². The molecule has 0 heterocycles. The number of rotatable bonds is 2. The fraction of sp³-hybridized carbons (Fsp3) is 0.571. The van der Waals surface area contributed by atoms with Crippen LogP contribution in [-0.2, 0) is 4.79 Å². The molecule has 52 valence electrons. The van der Waals surface area contributed by atoms with Crippen LogP contribution in [0.2, 0.25) is 0 Å². The summed E-state index contributed by atoms with van der Waals surface area (Å²) in [7, 11) is 0. The van der Waals surface area contributed by atoms with E-state index in [1.54, 1.807) is 18.7 Å². The van der Waals surface area contributed by atoms with Gasteiger partial charge in [0.25, 0.3) is 0 Å². The molecule has 0 amide bonds. The second-order valence-electron chi connectivity index (χ2n) is 1.94. The van der Waals surface area contributed by atoms with Crippen molar-refractivity contribution in [2.45, 2.75) is 20.8 Å².